The number of hydrogen-bond donors (Lipinski definition) is 0. The molecule has 3 aliphatic rings. The maximum absolute atomic E-state index is 13.8. The maximum atomic E-state index is 13.8. The van der Waals surface area contributed by atoms with Gasteiger partial charge in [-0.3, -0.25) is 9.69 Å². The molecule has 3 aliphatic heterocycles. The van der Waals surface area contributed by atoms with Crippen LogP contribution < -0.4 is 9.47 Å². The molecule has 8 nitrogen and oxygen atoms in total. The van der Waals surface area contributed by atoms with Crippen LogP contribution in [-0.2, 0) is 16.1 Å². The number of methoxy groups -OCH3 is 2. The molecular weight excluding hydrogens is 482 g/mol. The SMILES string of the molecule is CCN(CCC1(C)C2=C[C@H](C)c3c(cc(OC)cc3OC)CN2C(=O)N1CC)C(=O)C1=C(C)OC(C)=CC1. The molecule has 38 heavy (non-hydrogen) atoms. The van der Waals surface area contributed by atoms with Gasteiger partial charge in [-0.15, -0.1) is 0 Å². The summed E-state index contributed by atoms with van der Waals surface area (Å²) in [7, 11) is 3.30. The number of likely N-dealkylation sites (N-methyl/N-ethyl adjacent to an activating group) is 2. The monoisotopic (exact) mass is 523 g/mol. The van der Waals surface area contributed by atoms with Gasteiger partial charge >= 0.3 is 6.03 Å². The molecule has 0 saturated carbocycles. The summed E-state index contributed by atoms with van der Waals surface area (Å²) in [5, 5.41) is 0. The normalized spacial score (nSPS) is 22.7. The van der Waals surface area contributed by atoms with Crippen LogP contribution >= 0.6 is 0 Å². The summed E-state index contributed by atoms with van der Waals surface area (Å²) in [6.45, 7) is 14.1. The molecule has 1 aromatic rings. The van der Waals surface area contributed by atoms with Crippen LogP contribution in [-0.4, -0.2) is 66.0 Å². The van der Waals surface area contributed by atoms with E-state index in [1.54, 1.807) is 14.2 Å². The van der Waals surface area contributed by atoms with E-state index in [-0.39, 0.29) is 17.9 Å². The number of amides is 3. The van der Waals surface area contributed by atoms with Crippen LogP contribution in [0.15, 0.2) is 47.1 Å². The Morgan fingerprint density at radius 3 is 2.55 bits per heavy atom. The predicted octanol–water partition coefficient (Wildman–Crippen LogP) is 5.56. The Balaban J connectivity index is 1.66. The van der Waals surface area contributed by atoms with Gasteiger partial charge in [0.05, 0.1) is 37.6 Å². The highest BCUT2D eigenvalue weighted by atomic mass is 16.5. The van der Waals surface area contributed by atoms with Gasteiger partial charge in [-0.05, 0) is 58.7 Å². The third-order valence-corrected chi connectivity index (χ3v) is 8.19. The van der Waals surface area contributed by atoms with E-state index in [1.807, 2.05) is 60.6 Å². The summed E-state index contributed by atoms with van der Waals surface area (Å²) in [6.07, 6.45) is 5.34. The third-order valence-electron chi connectivity index (χ3n) is 8.19. The number of nitrogens with zero attached hydrogens (tertiary/aromatic N) is 3. The first-order chi connectivity index (χ1) is 18.1. The van der Waals surface area contributed by atoms with Gasteiger partial charge in [0, 0.05) is 49.3 Å². The number of hydrogen-bond acceptors (Lipinski definition) is 5. The molecule has 0 aliphatic carbocycles. The zero-order valence-corrected chi connectivity index (χ0v) is 24.0. The van der Waals surface area contributed by atoms with Crippen molar-refractivity contribution in [3.8, 4) is 11.5 Å². The zero-order valence-electron chi connectivity index (χ0n) is 24.0. The Morgan fingerprint density at radius 1 is 1.21 bits per heavy atom. The highest BCUT2D eigenvalue weighted by Gasteiger charge is 2.51. The fourth-order valence-corrected chi connectivity index (χ4v) is 6.06. The second kappa shape index (κ2) is 10.8. The molecule has 1 fully saturated rings. The Labute approximate surface area is 226 Å². The van der Waals surface area contributed by atoms with Crippen molar-refractivity contribution in [2.75, 3.05) is 33.9 Å². The van der Waals surface area contributed by atoms with Crippen molar-refractivity contribution >= 4 is 11.9 Å². The summed E-state index contributed by atoms with van der Waals surface area (Å²) >= 11 is 0. The molecule has 8 heteroatoms. The van der Waals surface area contributed by atoms with E-state index in [1.165, 1.54) is 0 Å². The van der Waals surface area contributed by atoms with Crippen LogP contribution in [0, 0.1) is 0 Å². The van der Waals surface area contributed by atoms with Crippen molar-refractivity contribution in [3.63, 3.8) is 0 Å². The molecular formula is C30H41N3O5. The molecule has 2 atom stereocenters. The molecule has 1 saturated heterocycles. The Kier molecular flexibility index (Phi) is 7.81. The lowest BCUT2D eigenvalue weighted by atomic mass is 9.88. The molecule has 0 aromatic heterocycles. The number of rotatable bonds is 8. The lowest BCUT2D eigenvalue weighted by Crippen LogP contribution is -2.47. The van der Waals surface area contributed by atoms with E-state index in [4.69, 9.17) is 14.2 Å². The summed E-state index contributed by atoms with van der Waals surface area (Å²) in [4.78, 5) is 32.9. The van der Waals surface area contributed by atoms with E-state index in [2.05, 4.69) is 19.9 Å². The number of ether oxygens (including phenoxy) is 3. The van der Waals surface area contributed by atoms with Crippen molar-refractivity contribution in [2.24, 2.45) is 0 Å². The first kappa shape index (κ1) is 27.6. The van der Waals surface area contributed by atoms with Gasteiger partial charge in [-0.2, -0.15) is 0 Å². The van der Waals surface area contributed by atoms with Gasteiger partial charge in [0.15, 0.2) is 0 Å². The lowest BCUT2D eigenvalue weighted by molar-refractivity contribution is -0.127. The molecule has 0 bridgehead atoms. The number of benzene rings is 1. The van der Waals surface area contributed by atoms with Gasteiger partial charge in [-0.1, -0.05) is 13.0 Å². The zero-order chi connectivity index (χ0) is 27.8. The molecule has 4 rings (SSSR count). The average Bonchev–Trinajstić information content (AvgIpc) is 2.99. The van der Waals surface area contributed by atoms with Crippen molar-refractivity contribution in [1.82, 2.24) is 14.7 Å². The highest BCUT2D eigenvalue weighted by molar-refractivity contribution is 5.94. The van der Waals surface area contributed by atoms with Gasteiger partial charge in [0.25, 0.3) is 5.91 Å². The number of carbonyl (C=O) groups is 2. The standard InChI is InChI=1S/C30H41N3O5/c1-9-31(28(34)24-12-11-20(4)38-21(24)5)14-13-30(6)26-15-19(3)27-22(16-23(36-7)17-25(27)37-8)18-32(26)29(35)33(30)10-2/h11,15-17,19H,9-10,12-14,18H2,1-8H3/t19-,30?/m0/s1. The number of allylic oxidation sites excluding steroid dienone is 4. The second-order valence-corrected chi connectivity index (χ2v) is 10.4. The van der Waals surface area contributed by atoms with E-state index in [9.17, 15) is 9.59 Å². The van der Waals surface area contributed by atoms with Crippen molar-refractivity contribution in [1.29, 1.82) is 0 Å². The number of carbonyl (C=O) groups excluding carboxylic acids is 2. The Bertz CT molecular complexity index is 1220. The second-order valence-electron chi connectivity index (χ2n) is 10.4. The first-order valence-corrected chi connectivity index (χ1v) is 13.5. The fourth-order valence-electron chi connectivity index (χ4n) is 6.06. The molecule has 0 radical (unpaired) electrons. The minimum Gasteiger partial charge on any atom is -0.497 e. The molecule has 3 heterocycles. The molecule has 0 N–H and O–H groups in total. The maximum Gasteiger partial charge on any atom is 0.325 e. The van der Waals surface area contributed by atoms with Crippen LogP contribution in [0.4, 0.5) is 4.79 Å². The lowest BCUT2D eigenvalue weighted by Gasteiger charge is -2.36. The smallest absolute Gasteiger partial charge is 0.325 e. The highest BCUT2D eigenvalue weighted by Crippen LogP contribution is 2.46. The largest absolute Gasteiger partial charge is 0.497 e. The minimum atomic E-state index is -0.559. The fraction of sp³-hybridized carbons (Fsp3) is 0.533. The van der Waals surface area contributed by atoms with Gasteiger partial charge < -0.3 is 24.0 Å². The van der Waals surface area contributed by atoms with Crippen molar-refractivity contribution in [2.45, 2.75) is 72.4 Å². The van der Waals surface area contributed by atoms with E-state index >= 15 is 0 Å². The van der Waals surface area contributed by atoms with Crippen LogP contribution in [0.2, 0.25) is 0 Å². The quantitative estimate of drug-likeness (QED) is 0.446. The Hall–Kier alpha value is -3.42. The van der Waals surface area contributed by atoms with Crippen LogP contribution in [0.5, 0.6) is 11.5 Å². The summed E-state index contributed by atoms with van der Waals surface area (Å²) in [5.74, 6) is 2.98. The molecule has 3 amide bonds. The van der Waals surface area contributed by atoms with Crippen LogP contribution in [0.25, 0.3) is 0 Å². The van der Waals surface area contributed by atoms with Crippen LogP contribution in [0.1, 0.15) is 71.4 Å². The predicted molar refractivity (Wildman–Crippen MR) is 147 cm³/mol. The van der Waals surface area contributed by atoms with Crippen molar-refractivity contribution in [3.05, 3.63) is 58.2 Å². The summed E-state index contributed by atoms with van der Waals surface area (Å²) < 4.78 is 17.0. The van der Waals surface area contributed by atoms with E-state index in [0.29, 0.717) is 56.1 Å². The van der Waals surface area contributed by atoms with Crippen molar-refractivity contribution < 1.29 is 23.8 Å². The van der Waals surface area contributed by atoms with E-state index in [0.717, 1.165) is 28.3 Å². The van der Waals surface area contributed by atoms with E-state index < -0.39 is 5.54 Å². The first-order valence-electron chi connectivity index (χ1n) is 13.5. The average molecular weight is 524 g/mol. The topological polar surface area (TPSA) is 71.6 Å². The molecule has 1 unspecified atom stereocenters. The molecule has 1 aromatic carbocycles. The van der Waals surface area contributed by atoms with Crippen LogP contribution in [0.3, 0.4) is 0 Å². The minimum absolute atomic E-state index is 0.00553. The number of urea groups is 1. The number of fused-ring (bicyclic) bond motifs is 2. The summed E-state index contributed by atoms with van der Waals surface area (Å²) in [5.41, 5.74) is 3.20. The Morgan fingerprint density at radius 2 is 1.95 bits per heavy atom. The summed E-state index contributed by atoms with van der Waals surface area (Å²) in [6, 6.07) is 3.88. The molecule has 0 spiro atoms. The molecule has 206 valence electrons. The van der Waals surface area contributed by atoms with Gasteiger partial charge in [0.1, 0.15) is 17.3 Å². The van der Waals surface area contributed by atoms with Gasteiger partial charge in [-0.25, -0.2) is 4.79 Å². The third kappa shape index (κ3) is 4.65. The van der Waals surface area contributed by atoms with Gasteiger partial charge in [0.2, 0.25) is 0 Å².